The molecule has 0 saturated carbocycles. The van der Waals surface area contributed by atoms with Crippen LogP contribution in [-0.2, 0) is 11.3 Å². The lowest BCUT2D eigenvalue weighted by Gasteiger charge is -2.37. The summed E-state index contributed by atoms with van der Waals surface area (Å²) in [6.45, 7) is 6.23. The van der Waals surface area contributed by atoms with Gasteiger partial charge in [-0.1, -0.05) is 30.3 Å². The van der Waals surface area contributed by atoms with Crippen molar-refractivity contribution >= 4 is 5.91 Å². The highest BCUT2D eigenvalue weighted by atomic mass is 16.5. The molecule has 2 aromatic rings. The van der Waals surface area contributed by atoms with E-state index in [2.05, 4.69) is 60.6 Å². The summed E-state index contributed by atoms with van der Waals surface area (Å²) in [4.78, 5) is 17.3. The zero-order valence-corrected chi connectivity index (χ0v) is 18.1. The number of fused-ring (bicyclic) bond motifs is 5. The monoisotopic (exact) mass is 407 g/mol. The van der Waals surface area contributed by atoms with Gasteiger partial charge < -0.3 is 15.0 Å². The van der Waals surface area contributed by atoms with E-state index in [0.29, 0.717) is 6.61 Å². The maximum absolute atomic E-state index is 13.1. The number of amides is 1. The molecule has 4 rings (SSSR count). The van der Waals surface area contributed by atoms with Gasteiger partial charge in [-0.05, 0) is 74.7 Å². The van der Waals surface area contributed by atoms with Crippen molar-refractivity contribution in [2.75, 3.05) is 33.3 Å². The lowest BCUT2D eigenvalue weighted by atomic mass is 10.0. The fraction of sp³-hybridized carbons (Fsp3) is 0.480. The van der Waals surface area contributed by atoms with Gasteiger partial charge in [0.05, 0.1) is 6.04 Å². The second-order valence-corrected chi connectivity index (χ2v) is 8.65. The second-order valence-electron chi connectivity index (χ2n) is 8.65. The van der Waals surface area contributed by atoms with Crippen LogP contribution in [0.5, 0.6) is 5.75 Å². The Labute approximate surface area is 180 Å². The van der Waals surface area contributed by atoms with Crippen LogP contribution in [0, 0.1) is 0 Å². The summed E-state index contributed by atoms with van der Waals surface area (Å²) < 4.78 is 6.03. The molecule has 4 bridgehead atoms. The average molecular weight is 408 g/mol. The number of ether oxygens (including phenoxy) is 1. The molecule has 160 valence electrons. The second kappa shape index (κ2) is 9.63. The summed E-state index contributed by atoms with van der Waals surface area (Å²) in [5.74, 6) is 1.18. The Morgan fingerprint density at radius 2 is 1.83 bits per heavy atom. The molecule has 0 spiro atoms. The molecule has 0 unspecified atom stereocenters. The van der Waals surface area contributed by atoms with Gasteiger partial charge in [0.2, 0.25) is 5.91 Å². The minimum Gasteiger partial charge on any atom is -0.492 e. The zero-order chi connectivity index (χ0) is 20.9. The third-order valence-corrected chi connectivity index (χ3v) is 6.16. The third kappa shape index (κ3) is 5.02. The molecular formula is C25H33N3O2. The first kappa shape index (κ1) is 20.9. The molecule has 5 heteroatoms. The van der Waals surface area contributed by atoms with Crippen LogP contribution in [0.15, 0.2) is 48.5 Å². The van der Waals surface area contributed by atoms with Gasteiger partial charge in [-0.15, -0.1) is 0 Å². The number of benzene rings is 2. The Bertz CT molecular complexity index is 865. The Morgan fingerprint density at radius 3 is 2.60 bits per heavy atom. The predicted molar refractivity (Wildman–Crippen MR) is 121 cm³/mol. The summed E-state index contributed by atoms with van der Waals surface area (Å²) in [6, 6.07) is 17.1. The quantitative estimate of drug-likeness (QED) is 0.785. The lowest BCUT2D eigenvalue weighted by molar-refractivity contribution is -0.140. The van der Waals surface area contributed by atoms with E-state index in [1.807, 2.05) is 17.0 Å². The highest BCUT2D eigenvalue weighted by Crippen LogP contribution is 2.26. The van der Waals surface area contributed by atoms with E-state index in [1.165, 1.54) is 11.1 Å². The number of nitrogens with one attached hydrogen (secondary N) is 1. The number of carbonyl (C=O) groups is 1. The van der Waals surface area contributed by atoms with E-state index in [0.717, 1.165) is 56.8 Å². The first-order valence-electron chi connectivity index (χ1n) is 11.1. The number of carbonyl (C=O) groups excluding carboxylic acids is 1. The van der Waals surface area contributed by atoms with Gasteiger partial charge in [0.1, 0.15) is 12.4 Å². The number of hydrogen-bond donors (Lipinski definition) is 1. The molecule has 1 N–H and O–H groups in total. The van der Waals surface area contributed by atoms with Crippen molar-refractivity contribution in [3.63, 3.8) is 0 Å². The maximum Gasteiger partial charge on any atom is 0.239 e. The van der Waals surface area contributed by atoms with Crippen molar-refractivity contribution in [3.05, 3.63) is 54.1 Å². The Kier molecular flexibility index (Phi) is 6.70. The minimum absolute atomic E-state index is 0.0708. The molecule has 1 fully saturated rings. The minimum atomic E-state index is -0.0708. The molecule has 30 heavy (non-hydrogen) atoms. The van der Waals surface area contributed by atoms with Crippen LogP contribution in [0.3, 0.4) is 0 Å². The molecule has 0 aromatic heterocycles. The van der Waals surface area contributed by atoms with E-state index in [4.69, 9.17) is 4.74 Å². The molecule has 1 saturated heterocycles. The van der Waals surface area contributed by atoms with E-state index >= 15 is 0 Å². The van der Waals surface area contributed by atoms with E-state index in [-0.39, 0.29) is 18.0 Å². The molecule has 5 nitrogen and oxygen atoms in total. The van der Waals surface area contributed by atoms with Crippen LogP contribution in [0.1, 0.15) is 31.7 Å². The molecular weight excluding hydrogens is 374 g/mol. The highest BCUT2D eigenvalue weighted by Gasteiger charge is 2.30. The molecule has 2 aromatic carbocycles. The van der Waals surface area contributed by atoms with Crippen LogP contribution in [0.4, 0.5) is 0 Å². The third-order valence-electron chi connectivity index (χ3n) is 6.16. The van der Waals surface area contributed by atoms with E-state index in [9.17, 15) is 4.79 Å². The van der Waals surface area contributed by atoms with Crippen molar-refractivity contribution in [1.29, 1.82) is 0 Å². The number of rotatable bonds is 1. The van der Waals surface area contributed by atoms with Crippen molar-refractivity contribution in [2.45, 2.75) is 44.8 Å². The first-order valence-corrected chi connectivity index (χ1v) is 11.1. The molecule has 0 aliphatic carbocycles. The predicted octanol–water partition coefficient (Wildman–Crippen LogP) is 3.54. The fourth-order valence-electron chi connectivity index (χ4n) is 4.22. The summed E-state index contributed by atoms with van der Waals surface area (Å²) in [6.07, 6.45) is 2.96. The molecule has 2 heterocycles. The molecule has 2 aliphatic rings. The van der Waals surface area contributed by atoms with Gasteiger partial charge in [0.15, 0.2) is 0 Å². The van der Waals surface area contributed by atoms with Gasteiger partial charge in [0.25, 0.3) is 0 Å². The lowest BCUT2D eigenvalue weighted by Crippen LogP contribution is -2.52. The SMILES string of the molecule is C[C@H]1COc2cccc(c2)-c2cccc(c2)CN(C)[C@H](C(=O)N2CCC2)CCCN1. The van der Waals surface area contributed by atoms with Crippen LogP contribution >= 0.6 is 0 Å². The van der Waals surface area contributed by atoms with Gasteiger partial charge in [-0.3, -0.25) is 9.69 Å². The van der Waals surface area contributed by atoms with Gasteiger partial charge in [-0.2, -0.15) is 0 Å². The van der Waals surface area contributed by atoms with Crippen LogP contribution in [0.25, 0.3) is 11.1 Å². The summed E-state index contributed by atoms with van der Waals surface area (Å²) in [5.41, 5.74) is 3.55. The topological polar surface area (TPSA) is 44.8 Å². The smallest absolute Gasteiger partial charge is 0.239 e. The number of hydrogen-bond acceptors (Lipinski definition) is 4. The molecule has 2 aliphatic heterocycles. The highest BCUT2D eigenvalue weighted by molar-refractivity contribution is 5.82. The van der Waals surface area contributed by atoms with Crippen LogP contribution in [-0.4, -0.2) is 61.1 Å². The number of likely N-dealkylation sites (tertiary alicyclic amines) is 1. The number of likely N-dealkylation sites (N-methyl/N-ethyl adjacent to an activating group) is 1. The summed E-state index contributed by atoms with van der Waals surface area (Å²) in [5, 5.41) is 3.54. The van der Waals surface area contributed by atoms with Gasteiger partial charge in [-0.25, -0.2) is 0 Å². The zero-order valence-electron chi connectivity index (χ0n) is 18.1. The molecule has 2 atom stereocenters. The largest absolute Gasteiger partial charge is 0.492 e. The van der Waals surface area contributed by atoms with Crippen LogP contribution < -0.4 is 10.1 Å². The standard InChI is InChI=1S/C25H33N3O2/c1-19-18-30-23-10-4-9-22(16-23)21-8-3-7-20(15-21)17-27(2)24(11-5-12-26-19)25(29)28-13-6-14-28/h3-4,7-10,15-16,19,24,26H,5-6,11-14,17-18H2,1-2H3/t19-,24-/m0/s1. The Hall–Kier alpha value is -2.37. The Morgan fingerprint density at radius 1 is 1.07 bits per heavy atom. The average Bonchev–Trinajstić information content (AvgIpc) is 2.70. The van der Waals surface area contributed by atoms with Crippen molar-refractivity contribution < 1.29 is 9.53 Å². The van der Waals surface area contributed by atoms with Crippen molar-refractivity contribution in [3.8, 4) is 16.9 Å². The first-order chi connectivity index (χ1) is 14.6. The normalized spacial score (nSPS) is 23.3. The van der Waals surface area contributed by atoms with E-state index in [1.54, 1.807) is 0 Å². The summed E-state index contributed by atoms with van der Waals surface area (Å²) >= 11 is 0. The van der Waals surface area contributed by atoms with Gasteiger partial charge >= 0.3 is 0 Å². The van der Waals surface area contributed by atoms with Crippen molar-refractivity contribution in [1.82, 2.24) is 15.1 Å². The molecule has 1 amide bonds. The van der Waals surface area contributed by atoms with Crippen LogP contribution in [0.2, 0.25) is 0 Å². The van der Waals surface area contributed by atoms with Crippen molar-refractivity contribution in [2.24, 2.45) is 0 Å². The molecule has 0 radical (unpaired) electrons. The maximum atomic E-state index is 13.1. The Balaban J connectivity index is 1.60. The van der Waals surface area contributed by atoms with Gasteiger partial charge in [0, 0.05) is 25.7 Å². The number of nitrogens with zero attached hydrogens (tertiary/aromatic N) is 2. The van der Waals surface area contributed by atoms with E-state index < -0.39 is 0 Å². The summed E-state index contributed by atoms with van der Waals surface area (Å²) in [7, 11) is 2.09. The fourth-order valence-corrected chi connectivity index (χ4v) is 4.22.